The van der Waals surface area contributed by atoms with E-state index in [2.05, 4.69) is 9.80 Å². The van der Waals surface area contributed by atoms with Gasteiger partial charge in [0.15, 0.2) is 46.8 Å². The number of esters is 2. The Balaban J connectivity index is 0.674. The maximum atomic E-state index is 13.6. The molecule has 4 aromatic carbocycles. The minimum Gasteiger partial charge on any atom is -0.477 e. The van der Waals surface area contributed by atoms with E-state index in [4.69, 9.17) is 18.9 Å². The minimum atomic E-state index is -1.09. The van der Waals surface area contributed by atoms with Crippen molar-refractivity contribution in [3.63, 3.8) is 0 Å². The second kappa shape index (κ2) is 13.7. The molecule has 0 radical (unpaired) electrons. The molecule has 4 heterocycles. The van der Waals surface area contributed by atoms with E-state index in [1.54, 1.807) is 12.1 Å². The molecule has 4 aromatic rings. The van der Waals surface area contributed by atoms with E-state index in [1.807, 2.05) is 48.5 Å². The molecule has 0 aromatic heterocycles. The Morgan fingerprint density at radius 2 is 1.05 bits per heavy atom. The second-order valence-corrected chi connectivity index (χ2v) is 21.7. The predicted molar refractivity (Wildman–Crippen MR) is 239 cm³/mol. The summed E-state index contributed by atoms with van der Waals surface area (Å²) in [5, 5.41) is 27.0. The van der Waals surface area contributed by atoms with Crippen LogP contribution in [0.3, 0.4) is 0 Å². The smallest absolute Gasteiger partial charge is 0.315 e. The van der Waals surface area contributed by atoms with Crippen molar-refractivity contribution < 1.29 is 48.3 Å². The molecule has 6 aliphatic carbocycles. The molecule has 2 saturated heterocycles. The van der Waals surface area contributed by atoms with Gasteiger partial charge in [-0.3, -0.25) is 29.0 Å². The van der Waals surface area contributed by atoms with Crippen molar-refractivity contribution >= 4 is 34.3 Å². The van der Waals surface area contributed by atoms with Gasteiger partial charge in [0, 0.05) is 49.1 Å². The summed E-state index contributed by atoms with van der Waals surface area (Å²) in [6.07, 6.45) is 7.34. The molecule has 8 atom stereocenters. The molecule has 66 heavy (non-hydrogen) atoms. The first-order valence-corrected chi connectivity index (χ1v) is 24.5. The lowest BCUT2D eigenvalue weighted by Gasteiger charge is -2.62. The molecule has 4 bridgehead atoms. The number of benzene rings is 4. The van der Waals surface area contributed by atoms with Crippen molar-refractivity contribution in [3.05, 3.63) is 94.0 Å². The first-order chi connectivity index (χ1) is 32.0. The van der Waals surface area contributed by atoms with E-state index in [9.17, 15) is 29.4 Å². The number of carbonyl (C=O) groups excluding carboxylic acids is 4. The fraction of sp³-hybridized carbons (Fsp3) is 0.519. The third kappa shape index (κ3) is 5.41. The first kappa shape index (κ1) is 40.0. The molecule has 12 heteroatoms. The van der Waals surface area contributed by atoms with Crippen LogP contribution in [0.25, 0.3) is 10.8 Å². The molecule has 0 unspecified atom stereocenters. The SMILES string of the molecule is O=C(Cc1ccc2cc(CC(=O)Oc3ccc4c5c3O[C@H]3C(=O)CC[C@@]6(O)[C@@H](C4)N(CC4CC4)CC[C@]536)ccc2c1)Oc1ccc2c3c1O[C@H]1C(=O)CC[C@@]4(O)[C@@H](C2)N(CC2CC2)CC[C@]314. The molecule has 6 fully saturated rings. The number of hydrogen-bond donors (Lipinski definition) is 2. The van der Waals surface area contributed by atoms with E-state index in [-0.39, 0.29) is 60.8 Å². The van der Waals surface area contributed by atoms with Gasteiger partial charge < -0.3 is 29.2 Å². The van der Waals surface area contributed by atoms with Crippen LogP contribution in [0, 0.1) is 11.8 Å². The van der Waals surface area contributed by atoms with Crippen LogP contribution < -0.4 is 18.9 Å². The highest BCUT2D eigenvalue weighted by Crippen LogP contribution is 2.67. The van der Waals surface area contributed by atoms with Gasteiger partial charge in [0.05, 0.1) is 34.9 Å². The second-order valence-electron chi connectivity index (χ2n) is 21.7. The summed E-state index contributed by atoms with van der Waals surface area (Å²) in [5.74, 6) is 1.89. The highest BCUT2D eigenvalue weighted by Gasteiger charge is 2.75. The van der Waals surface area contributed by atoms with Gasteiger partial charge in [0.2, 0.25) is 0 Å². The molecular formula is C54H54N2O10. The Morgan fingerprint density at radius 3 is 1.47 bits per heavy atom. The molecule has 4 aliphatic heterocycles. The van der Waals surface area contributed by atoms with Crippen LogP contribution in [0.1, 0.15) is 97.6 Å². The zero-order valence-electron chi connectivity index (χ0n) is 37.0. The first-order valence-electron chi connectivity index (χ1n) is 24.5. The van der Waals surface area contributed by atoms with Gasteiger partial charge in [0.25, 0.3) is 0 Å². The highest BCUT2D eigenvalue weighted by molar-refractivity contribution is 5.92. The summed E-state index contributed by atoms with van der Waals surface area (Å²) < 4.78 is 25.1. The number of likely N-dealkylation sites (tertiary alicyclic amines) is 2. The van der Waals surface area contributed by atoms with Gasteiger partial charge in [0.1, 0.15) is 0 Å². The summed E-state index contributed by atoms with van der Waals surface area (Å²) in [4.78, 5) is 59.3. The summed E-state index contributed by atoms with van der Waals surface area (Å²) in [6, 6.07) is 18.9. The predicted octanol–water partition coefficient (Wildman–Crippen LogP) is 5.40. The van der Waals surface area contributed by atoms with Crippen LogP contribution in [0.4, 0.5) is 0 Å². The van der Waals surface area contributed by atoms with E-state index < -0.39 is 46.2 Å². The number of aliphatic hydroxyl groups is 2. The zero-order valence-corrected chi connectivity index (χ0v) is 37.0. The van der Waals surface area contributed by atoms with Gasteiger partial charge in [-0.05, 0) is 134 Å². The molecule has 12 nitrogen and oxygen atoms in total. The van der Waals surface area contributed by atoms with Crippen molar-refractivity contribution in [3.8, 4) is 23.0 Å². The highest BCUT2D eigenvalue weighted by atomic mass is 16.6. The summed E-state index contributed by atoms with van der Waals surface area (Å²) in [5.41, 5.74) is 1.50. The minimum absolute atomic E-state index is 0.00160. The lowest BCUT2D eigenvalue weighted by atomic mass is 9.49. The van der Waals surface area contributed by atoms with Crippen LogP contribution in [0.2, 0.25) is 0 Å². The van der Waals surface area contributed by atoms with Crippen LogP contribution in [-0.4, -0.2) is 105 Å². The number of Topliss-reactive ketones (excluding diaryl/α,β-unsaturated/α-hetero) is 2. The van der Waals surface area contributed by atoms with Crippen LogP contribution in [-0.2, 0) is 55.7 Å². The van der Waals surface area contributed by atoms with E-state index >= 15 is 0 Å². The lowest BCUT2D eigenvalue weighted by Crippen LogP contribution is -2.76. The van der Waals surface area contributed by atoms with E-state index in [0.717, 1.165) is 70.3 Å². The fourth-order valence-electron chi connectivity index (χ4n) is 14.9. The number of ketones is 2. The average Bonchev–Trinajstić information content (AvgIpc) is 4.23. The Hall–Kier alpha value is -5.14. The average molecular weight is 891 g/mol. The number of hydrogen-bond acceptors (Lipinski definition) is 12. The summed E-state index contributed by atoms with van der Waals surface area (Å²) in [6.45, 7) is 3.57. The topological polar surface area (TPSA) is 152 Å². The van der Waals surface area contributed by atoms with Crippen LogP contribution in [0.5, 0.6) is 23.0 Å². The third-order valence-electron chi connectivity index (χ3n) is 18.2. The van der Waals surface area contributed by atoms with Crippen molar-refractivity contribution in [2.45, 2.75) is 136 Å². The molecule has 2 spiro atoms. The maximum Gasteiger partial charge on any atom is 0.315 e. The van der Waals surface area contributed by atoms with E-state index in [0.29, 0.717) is 61.9 Å². The Labute approximate surface area is 382 Å². The quantitative estimate of drug-likeness (QED) is 0.155. The molecule has 10 aliphatic rings. The van der Waals surface area contributed by atoms with Gasteiger partial charge in [-0.25, -0.2) is 0 Å². The number of piperidine rings is 2. The molecule has 340 valence electrons. The number of nitrogens with zero attached hydrogens (tertiary/aromatic N) is 2. The van der Waals surface area contributed by atoms with Crippen LogP contribution >= 0.6 is 0 Å². The van der Waals surface area contributed by atoms with Crippen LogP contribution in [0.15, 0.2) is 60.7 Å². The molecule has 14 rings (SSSR count). The normalized spacial score (nSPS) is 34.3. The Kier molecular flexibility index (Phi) is 8.32. The summed E-state index contributed by atoms with van der Waals surface area (Å²) >= 11 is 0. The van der Waals surface area contributed by atoms with Crippen molar-refractivity contribution in [2.75, 3.05) is 26.2 Å². The van der Waals surface area contributed by atoms with E-state index in [1.165, 1.54) is 25.7 Å². The number of rotatable bonds is 10. The van der Waals surface area contributed by atoms with Gasteiger partial charge >= 0.3 is 11.9 Å². The molecule has 4 saturated carbocycles. The van der Waals surface area contributed by atoms with Gasteiger partial charge in [-0.2, -0.15) is 0 Å². The Morgan fingerprint density at radius 1 is 0.606 bits per heavy atom. The van der Waals surface area contributed by atoms with Crippen molar-refractivity contribution in [1.82, 2.24) is 9.80 Å². The fourth-order valence-corrected chi connectivity index (χ4v) is 14.9. The Bertz CT molecular complexity index is 2660. The molecule has 0 amide bonds. The largest absolute Gasteiger partial charge is 0.477 e. The molecule has 2 N–H and O–H groups in total. The number of fused-ring (bicyclic) bond motifs is 1. The molecular weight excluding hydrogens is 837 g/mol. The number of carbonyl (C=O) groups is 4. The summed E-state index contributed by atoms with van der Waals surface area (Å²) in [7, 11) is 0. The van der Waals surface area contributed by atoms with Gasteiger partial charge in [-0.15, -0.1) is 0 Å². The van der Waals surface area contributed by atoms with Gasteiger partial charge in [-0.1, -0.05) is 48.5 Å². The monoisotopic (exact) mass is 890 g/mol. The van der Waals surface area contributed by atoms with Crippen molar-refractivity contribution in [2.24, 2.45) is 11.8 Å². The third-order valence-corrected chi connectivity index (χ3v) is 18.2. The van der Waals surface area contributed by atoms with Crippen molar-refractivity contribution in [1.29, 1.82) is 0 Å². The lowest BCUT2D eigenvalue weighted by molar-refractivity contribution is -0.188. The zero-order chi connectivity index (χ0) is 44.5. The standard InChI is InChI=1S/C54H54N2O10/c57-37-13-15-53(61)41-25-35-9-11-39(47-45(35)51(53,49(37)65-47)17-19-55(41)27-29-1-2-29)63-43(59)23-31-5-7-34-22-32(6-8-33(34)21-31)24-44(60)64-40-12-10-36-26-42-54(62)16-14-38(58)50-52(54,46(36)48(40)66-50)18-20-56(42)28-30-3-4-30/h5-12,21-22,29-30,41-42,49-50,61-62H,1-4,13-20,23-28H2/t41-,42-,49+,50+,51+,52+,53-,54-/m1/s1. The number of ether oxygens (including phenoxy) is 4. The maximum absolute atomic E-state index is 13.6.